The molecule has 0 fully saturated rings. The summed E-state index contributed by atoms with van der Waals surface area (Å²) in [5.74, 6) is -0.209. The number of hydrogen-bond donors (Lipinski definition) is 3. The molecular weight excluding hydrogens is 216 g/mol. The number of amides is 1. The van der Waals surface area contributed by atoms with Gasteiger partial charge < -0.3 is 16.2 Å². The molecule has 1 atom stereocenters. The molecule has 94 valence electrons. The summed E-state index contributed by atoms with van der Waals surface area (Å²) >= 11 is 0. The number of aromatic hydroxyl groups is 1. The van der Waals surface area contributed by atoms with Crippen molar-refractivity contribution in [2.75, 3.05) is 6.54 Å². The zero-order valence-electron chi connectivity index (χ0n) is 10.4. The van der Waals surface area contributed by atoms with Crippen molar-refractivity contribution in [2.24, 2.45) is 5.73 Å². The monoisotopic (exact) mass is 236 g/mol. The summed E-state index contributed by atoms with van der Waals surface area (Å²) in [6, 6.07) is 5.24. The van der Waals surface area contributed by atoms with Gasteiger partial charge in [0.2, 0.25) is 0 Å². The van der Waals surface area contributed by atoms with Gasteiger partial charge in [-0.05, 0) is 31.4 Å². The second kappa shape index (κ2) is 6.25. The molecular formula is C13H20N2O2. The number of phenolic OH excluding ortho intramolecular Hbond substituents is 1. The zero-order valence-corrected chi connectivity index (χ0v) is 10.4. The second-order valence-corrected chi connectivity index (χ2v) is 4.18. The fourth-order valence-corrected chi connectivity index (χ4v) is 1.51. The van der Waals surface area contributed by atoms with E-state index in [-0.39, 0.29) is 17.7 Å². The van der Waals surface area contributed by atoms with Crippen LogP contribution in [0.15, 0.2) is 18.2 Å². The van der Waals surface area contributed by atoms with E-state index < -0.39 is 0 Å². The highest BCUT2D eigenvalue weighted by atomic mass is 16.3. The Labute approximate surface area is 102 Å². The molecule has 1 amide bonds. The quantitative estimate of drug-likeness (QED) is 0.726. The molecule has 0 aliphatic heterocycles. The second-order valence-electron chi connectivity index (χ2n) is 4.18. The van der Waals surface area contributed by atoms with Crippen LogP contribution in [0.5, 0.6) is 5.75 Å². The highest BCUT2D eigenvalue weighted by Crippen LogP contribution is 2.20. The van der Waals surface area contributed by atoms with Gasteiger partial charge in [0.25, 0.3) is 5.91 Å². The summed E-state index contributed by atoms with van der Waals surface area (Å²) in [6.07, 6.45) is 1.64. The molecule has 0 heterocycles. The Bertz CT molecular complexity index is 391. The summed E-state index contributed by atoms with van der Waals surface area (Å²) in [6.45, 7) is 4.30. The number of nitrogens with one attached hydrogen (secondary N) is 1. The lowest BCUT2D eigenvalue weighted by Gasteiger charge is -2.11. The molecule has 0 aliphatic rings. The number of carbonyl (C=O) groups excluding carboxylic acids is 1. The standard InChI is InChI=1S/C13H20N2O2/c1-3-10(14)7-8-15-13(17)11-6-4-5-9(2)12(11)16/h4-6,10,16H,3,7-8,14H2,1-2H3,(H,15,17). The van der Waals surface area contributed by atoms with Gasteiger partial charge in [0, 0.05) is 12.6 Å². The van der Waals surface area contributed by atoms with Gasteiger partial charge in [0.15, 0.2) is 0 Å². The van der Waals surface area contributed by atoms with E-state index in [1.165, 1.54) is 0 Å². The van der Waals surface area contributed by atoms with E-state index >= 15 is 0 Å². The molecule has 17 heavy (non-hydrogen) atoms. The van der Waals surface area contributed by atoms with Crippen molar-refractivity contribution in [2.45, 2.75) is 32.7 Å². The number of aryl methyl sites for hydroxylation is 1. The molecule has 0 spiro atoms. The minimum atomic E-state index is -0.255. The highest BCUT2D eigenvalue weighted by molar-refractivity contribution is 5.97. The van der Waals surface area contributed by atoms with Crippen molar-refractivity contribution in [1.29, 1.82) is 0 Å². The predicted molar refractivity (Wildman–Crippen MR) is 68.1 cm³/mol. The molecule has 0 saturated heterocycles. The summed E-state index contributed by atoms with van der Waals surface area (Å²) in [5, 5.41) is 12.5. The van der Waals surface area contributed by atoms with Crippen LogP contribution in [-0.2, 0) is 0 Å². The van der Waals surface area contributed by atoms with Gasteiger partial charge >= 0.3 is 0 Å². The molecule has 1 rings (SSSR count). The van der Waals surface area contributed by atoms with Crippen molar-refractivity contribution < 1.29 is 9.90 Å². The summed E-state index contributed by atoms with van der Waals surface area (Å²) in [4.78, 5) is 11.8. The van der Waals surface area contributed by atoms with E-state index in [1.54, 1.807) is 25.1 Å². The van der Waals surface area contributed by atoms with Crippen molar-refractivity contribution in [3.05, 3.63) is 29.3 Å². The van der Waals surface area contributed by atoms with Crippen LogP contribution in [0.2, 0.25) is 0 Å². The molecule has 0 radical (unpaired) electrons. The number of hydrogen-bond acceptors (Lipinski definition) is 3. The topological polar surface area (TPSA) is 75.3 Å². The molecule has 0 aromatic heterocycles. The third-order valence-electron chi connectivity index (χ3n) is 2.81. The number of carbonyl (C=O) groups is 1. The van der Waals surface area contributed by atoms with Crippen LogP contribution >= 0.6 is 0 Å². The maximum atomic E-state index is 11.8. The maximum absolute atomic E-state index is 11.8. The van der Waals surface area contributed by atoms with Gasteiger partial charge in [-0.15, -0.1) is 0 Å². The van der Waals surface area contributed by atoms with E-state index in [1.807, 2.05) is 6.92 Å². The molecule has 0 saturated carbocycles. The van der Waals surface area contributed by atoms with Crippen LogP contribution in [0.25, 0.3) is 0 Å². The fourth-order valence-electron chi connectivity index (χ4n) is 1.51. The summed E-state index contributed by atoms with van der Waals surface area (Å²) in [5.41, 5.74) is 6.76. The normalized spacial score (nSPS) is 12.2. The minimum absolute atomic E-state index is 0.0461. The first-order valence-corrected chi connectivity index (χ1v) is 5.88. The predicted octanol–water partition coefficient (Wildman–Crippen LogP) is 1.56. The number of benzene rings is 1. The Morgan fingerprint density at radius 3 is 2.88 bits per heavy atom. The van der Waals surface area contributed by atoms with E-state index in [0.29, 0.717) is 17.7 Å². The third kappa shape index (κ3) is 3.75. The molecule has 1 unspecified atom stereocenters. The Kier molecular flexibility index (Phi) is 4.97. The minimum Gasteiger partial charge on any atom is -0.507 e. The fraction of sp³-hybridized carbons (Fsp3) is 0.462. The molecule has 4 heteroatoms. The molecule has 0 bridgehead atoms. The van der Waals surface area contributed by atoms with Crippen molar-refractivity contribution >= 4 is 5.91 Å². The van der Waals surface area contributed by atoms with E-state index in [2.05, 4.69) is 5.32 Å². The first-order valence-electron chi connectivity index (χ1n) is 5.88. The Morgan fingerprint density at radius 2 is 2.24 bits per heavy atom. The van der Waals surface area contributed by atoms with Crippen molar-refractivity contribution in [1.82, 2.24) is 5.32 Å². The van der Waals surface area contributed by atoms with Crippen LogP contribution < -0.4 is 11.1 Å². The van der Waals surface area contributed by atoms with Gasteiger partial charge in [-0.1, -0.05) is 19.1 Å². The Morgan fingerprint density at radius 1 is 1.53 bits per heavy atom. The largest absolute Gasteiger partial charge is 0.507 e. The zero-order chi connectivity index (χ0) is 12.8. The van der Waals surface area contributed by atoms with Crippen LogP contribution in [-0.4, -0.2) is 23.6 Å². The van der Waals surface area contributed by atoms with Crippen LogP contribution in [0.3, 0.4) is 0 Å². The van der Waals surface area contributed by atoms with Crippen molar-refractivity contribution in [3.63, 3.8) is 0 Å². The van der Waals surface area contributed by atoms with Gasteiger partial charge in [-0.2, -0.15) is 0 Å². The average Bonchev–Trinajstić information content (AvgIpc) is 2.32. The molecule has 1 aromatic carbocycles. The SMILES string of the molecule is CCC(N)CCNC(=O)c1cccc(C)c1O. The van der Waals surface area contributed by atoms with Gasteiger partial charge in [0.1, 0.15) is 5.75 Å². The summed E-state index contributed by atoms with van der Waals surface area (Å²) < 4.78 is 0. The molecule has 4 N–H and O–H groups in total. The molecule has 1 aromatic rings. The molecule has 4 nitrogen and oxygen atoms in total. The lowest BCUT2D eigenvalue weighted by atomic mass is 10.1. The van der Waals surface area contributed by atoms with Crippen LogP contribution in [0.1, 0.15) is 35.7 Å². The van der Waals surface area contributed by atoms with Gasteiger partial charge in [0.05, 0.1) is 5.56 Å². The summed E-state index contributed by atoms with van der Waals surface area (Å²) in [7, 11) is 0. The Balaban J connectivity index is 2.56. The van der Waals surface area contributed by atoms with Crippen LogP contribution in [0, 0.1) is 6.92 Å². The van der Waals surface area contributed by atoms with Crippen molar-refractivity contribution in [3.8, 4) is 5.75 Å². The Hall–Kier alpha value is -1.55. The average molecular weight is 236 g/mol. The van der Waals surface area contributed by atoms with Gasteiger partial charge in [-0.25, -0.2) is 0 Å². The first kappa shape index (κ1) is 13.5. The van der Waals surface area contributed by atoms with E-state index in [9.17, 15) is 9.90 Å². The third-order valence-corrected chi connectivity index (χ3v) is 2.81. The highest BCUT2D eigenvalue weighted by Gasteiger charge is 2.11. The van der Waals surface area contributed by atoms with E-state index in [4.69, 9.17) is 5.73 Å². The lowest BCUT2D eigenvalue weighted by Crippen LogP contribution is -2.30. The smallest absolute Gasteiger partial charge is 0.255 e. The van der Waals surface area contributed by atoms with E-state index in [0.717, 1.165) is 12.8 Å². The first-order chi connectivity index (χ1) is 8.06. The maximum Gasteiger partial charge on any atom is 0.255 e. The number of phenols is 1. The number of rotatable bonds is 5. The lowest BCUT2D eigenvalue weighted by molar-refractivity contribution is 0.0949. The van der Waals surface area contributed by atoms with Gasteiger partial charge in [-0.3, -0.25) is 4.79 Å². The number of para-hydroxylation sites is 1. The molecule has 0 aliphatic carbocycles. The number of nitrogens with two attached hydrogens (primary N) is 1. The van der Waals surface area contributed by atoms with Crippen LogP contribution in [0.4, 0.5) is 0 Å².